The standard InChI is InChI=1S/C24H27NO2/c1-18(24(26)21-11-7-4-8-12-21)23(20-9-5-3-6-10-20)25-17-19-13-15-22(27-2)16-14-19/h3-16,18,23-26H,17H2,1-2H3/t18-,23+,24-/m1/s1. The van der Waals surface area contributed by atoms with Gasteiger partial charge >= 0.3 is 0 Å². The van der Waals surface area contributed by atoms with E-state index in [1.807, 2.05) is 60.7 Å². The van der Waals surface area contributed by atoms with Crippen molar-refractivity contribution in [3.8, 4) is 5.75 Å². The average Bonchev–Trinajstić information content (AvgIpc) is 2.75. The zero-order chi connectivity index (χ0) is 19.1. The first kappa shape index (κ1) is 19.2. The van der Waals surface area contributed by atoms with Crippen molar-refractivity contribution in [1.82, 2.24) is 5.32 Å². The molecule has 0 amide bonds. The second-order valence-electron chi connectivity index (χ2n) is 6.83. The maximum Gasteiger partial charge on any atom is 0.118 e. The summed E-state index contributed by atoms with van der Waals surface area (Å²) in [6, 6.07) is 28.3. The fraction of sp³-hybridized carbons (Fsp3) is 0.250. The maximum absolute atomic E-state index is 10.9. The van der Waals surface area contributed by atoms with E-state index in [1.165, 1.54) is 11.1 Å². The van der Waals surface area contributed by atoms with Crippen molar-refractivity contribution in [2.75, 3.05) is 7.11 Å². The Balaban J connectivity index is 1.78. The van der Waals surface area contributed by atoms with Crippen LogP contribution in [0.5, 0.6) is 5.75 Å². The van der Waals surface area contributed by atoms with E-state index < -0.39 is 6.10 Å². The van der Waals surface area contributed by atoms with E-state index >= 15 is 0 Å². The highest BCUT2D eigenvalue weighted by atomic mass is 16.5. The summed E-state index contributed by atoms with van der Waals surface area (Å²) in [5, 5.41) is 14.6. The minimum Gasteiger partial charge on any atom is -0.497 e. The van der Waals surface area contributed by atoms with Gasteiger partial charge in [0.15, 0.2) is 0 Å². The van der Waals surface area contributed by atoms with Gasteiger partial charge in [-0.1, -0.05) is 79.7 Å². The first-order valence-corrected chi connectivity index (χ1v) is 9.33. The van der Waals surface area contributed by atoms with E-state index in [1.54, 1.807) is 7.11 Å². The van der Waals surface area contributed by atoms with Gasteiger partial charge in [-0.3, -0.25) is 0 Å². The molecule has 0 fully saturated rings. The number of hydrogen-bond donors (Lipinski definition) is 2. The summed E-state index contributed by atoms with van der Waals surface area (Å²) in [4.78, 5) is 0. The highest BCUT2D eigenvalue weighted by Gasteiger charge is 2.26. The van der Waals surface area contributed by atoms with Crippen molar-refractivity contribution in [3.63, 3.8) is 0 Å². The largest absolute Gasteiger partial charge is 0.497 e. The fourth-order valence-corrected chi connectivity index (χ4v) is 3.37. The Morgan fingerprint density at radius 1 is 0.815 bits per heavy atom. The van der Waals surface area contributed by atoms with Gasteiger partial charge in [-0.2, -0.15) is 0 Å². The van der Waals surface area contributed by atoms with Gasteiger partial charge in [0.2, 0.25) is 0 Å². The van der Waals surface area contributed by atoms with Crippen LogP contribution in [0.3, 0.4) is 0 Å². The molecular weight excluding hydrogens is 334 g/mol. The van der Waals surface area contributed by atoms with E-state index in [4.69, 9.17) is 4.74 Å². The number of nitrogens with one attached hydrogen (secondary N) is 1. The molecule has 3 rings (SSSR count). The topological polar surface area (TPSA) is 41.5 Å². The normalized spacial score (nSPS) is 14.3. The minimum absolute atomic E-state index is 0.00745. The molecule has 0 aliphatic heterocycles. The van der Waals surface area contributed by atoms with Crippen molar-refractivity contribution < 1.29 is 9.84 Å². The minimum atomic E-state index is -0.542. The lowest BCUT2D eigenvalue weighted by molar-refractivity contribution is 0.0931. The molecule has 0 aliphatic carbocycles. The molecule has 140 valence electrons. The third-order valence-corrected chi connectivity index (χ3v) is 5.01. The third kappa shape index (κ3) is 4.97. The molecule has 0 heterocycles. The molecule has 0 aliphatic rings. The Labute approximate surface area is 161 Å². The number of ether oxygens (including phenoxy) is 1. The predicted molar refractivity (Wildman–Crippen MR) is 110 cm³/mol. The number of benzene rings is 3. The zero-order valence-corrected chi connectivity index (χ0v) is 15.9. The van der Waals surface area contributed by atoms with Crippen LogP contribution < -0.4 is 10.1 Å². The Morgan fingerprint density at radius 2 is 1.37 bits per heavy atom. The van der Waals surface area contributed by atoms with Gasteiger partial charge < -0.3 is 15.2 Å². The Hall–Kier alpha value is -2.62. The second-order valence-corrected chi connectivity index (χ2v) is 6.83. The fourth-order valence-electron chi connectivity index (χ4n) is 3.37. The lowest BCUT2D eigenvalue weighted by atomic mass is 9.86. The van der Waals surface area contributed by atoms with E-state index in [0.717, 1.165) is 17.9 Å². The monoisotopic (exact) mass is 361 g/mol. The van der Waals surface area contributed by atoms with Crippen LogP contribution in [-0.2, 0) is 6.54 Å². The molecule has 3 aromatic rings. The first-order valence-electron chi connectivity index (χ1n) is 9.33. The molecule has 0 radical (unpaired) electrons. The lowest BCUT2D eigenvalue weighted by Gasteiger charge is -2.30. The Morgan fingerprint density at radius 3 is 1.93 bits per heavy atom. The number of aliphatic hydroxyl groups excluding tert-OH is 1. The summed E-state index contributed by atoms with van der Waals surface area (Å²) in [7, 11) is 1.67. The molecule has 3 aromatic carbocycles. The third-order valence-electron chi connectivity index (χ3n) is 5.01. The van der Waals surface area contributed by atoms with Crippen molar-refractivity contribution in [3.05, 3.63) is 102 Å². The molecule has 0 saturated carbocycles. The Kier molecular flexibility index (Phi) is 6.64. The molecule has 0 saturated heterocycles. The highest BCUT2D eigenvalue weighted by molar-refractivity contribution is 5.28. The molecular formula is C24H27NO2. The van der Waals surface area contributed by atoms with Gasteiger partial charge in [-0.15, -0.1) is 0 Å². The molecule has 3 heteroatoms. The lowest BCUT2D eigenvalue weighted by Crippen LogP contribution is -2.30. The zero-order valence-electron chi connectivity index (χ0n) is 15.9. The number of rotatable bonds is 8. The molecule has 2 N–H and O–H groups in total. The summed E-state index contributed by atoms with van der Waals surface area (Å²) in [5.41, 5.74) is 3.30. The quantitative estimate of drug-likeness (QED) is 0.600. The first-order chi connectivity index (χ1) is 13.2. The van der Waals surface area contributed by atoms with Crippen LogP contribution >= 0.6 is 0 Å². The van der Waals surface area contributed by atoms with Crippen LogP contribution in [0.2, 0.25) is 0 Å². The van der Waals surface area contributed by atoms with Crippen LogP contribution in [-0.4, -0.2) is 12.2 Å². The second kappa shape index (κ2) is 9.36. The van der Waals surface area contributed by atoms with E-state index in [2.05, 4.69) is 36.5 Å². The maximum atomic E-state index is 10.9. The van der Waals surface area contributed by atoms with Gasteiger partial charge in [0, 0.05) is 18.5 Å². The van der Waals surface area contributed by atoms with Crippen LogP contribution in [0.4, 0.5) is 0 Å². The van der Waals surface area contributed by atoms with Crippen molar-refractivity contribution in [2.24, 2.45) is 5.92 Å². The summed E-state index contributed by atoms with van der Waals surface area (Å²) < 4.78 is 5.23. The van der Waals surface area contributed by atoms with Crippen LogP contribution in [0.1, 0.15) is 35.8 Å². The molecule has 3 atom stereocenters. The number of methoxy groups -OCH3 is 1. The van der Waals surface area contributed by atoms with Gasteiger partial charge in [0.1, 0.15) is 5.75 Å². The number of aliphatic hydroxyl groups is 1. The van der Waals surface area contributed by atoms with Crippen LogP contribution in [0.15, 0.2) is 84.9 Å². The van der Waals surface area contributed by atoms with Gasteiger partial charge in [-0.25, -0.2) is 0 Å². The van der Waals surface area contributed by atoms with Crippen molar-refractivity contribution in [1.29, 1.82) is 0 Å². The summed E-state index contributed by atoms with van der Waals surface area (Å²) in [6.07, 6.45) is -0.542. The Bertz CT molecular complexity index is 803. The molecule has 0 bridgehead atoms. The van der Waals surface area contributed by atoms with E-state index in [-0.39, 0.29) is 12.0 Å². The summed E-state index contributed by atoms with van der Waals surface area (Å²) in [6.45, 7) is 2.81. The van der Waals surface area contributed by atoms with Gasteiger partial charge in [0.25, 0.3) is 0 Å². The highest BCUT2D eigenvalue weighted by Crippen LogP contribution is 2.33. The summed E-state index contributed by atoms with van der Waals surface area (Å²) in [5.74, 6) is 0.860. The van der Waals surface area contributed by atoms with Crippen LogP contribution in [0.25, 0.3) is 0 Å². The van der Waals surface area contributed by atoms with E-state index in [9.17, 15) is 5.11 Å². The molecule has 27 heavy (non-hydrogen) atoms. The molecule has 0 unspecified atom stereocenters. The SMILES string of the molecule is COc1ccc(CN[C@H](c2ccccc2)[C@@H](C)[C@@H](O)c2ccccc2)cc1. The van der Waals surface area contributed by atoms with Crippen molar-refractivity contribution >= 4 is 0 Å². The number of hydrogen-bond acceptors (Lipinski definition) is 3. The molecule has 3 nitrogen and oxygen atoms in total. The van der Waals surface area contributed by atoms with Crippen molar-refractivity contribution in [2.45, 2.75) is 25.6 Å². The molecule has 0 spiro atoms. The molecule has 0 aromatic heterocycles. The van der Waals surface area contributed by atoms with Gasteiger partial charge in [-0.05, 0) is 28.8 Å². The van der Waals surface area contributed by atoms with E-state index in [0.29, 0.717) is 0 Å². The predicted octanol–water partition coefficient (Wildman–Crippen LogP) is 4.90. The smallest absolute Gasteiger partial charge is 0.118 e. The van der Waals surface area contributed by atoms with Crippen LogP contribution in [0, 0.1) is 5.92 Å². The summed E-state index contributed by atoms with van der Waals surface area (Å²) >= 11 is 0. The van der Waals surface area contributed by atoms with Gasteiger partial charge in [0.05, 0.1) is 13.2 Å². The average molecular weight is 361 g/mol.